The van der Waals surface area contributed by atoms with Crippen LogP contribution in [0.5, 0.6) is 0 Å². The van der Waals surface area contributed by atoms with Crippen LogP contribution in [0.4, 0.5) is 4.79 Å². The van der Waals surface area contributed by atoms with E-state index in [1.807, 2.05) is 20.8 Å². The van der Waals surface area contributed by atoms with Crippen LogP contribution in [-0.2, 0) is 4.74 Å². The first-order valence-electron chi connectivity index (χ1n) is 3.34. The number of hydrogen-bond acceptors (Lipinski definition) is 3. The molecule has 4 heteroatoms. The van der Waals surface area contributed by atoms with Gasteiger partial charge in [-0.1, -0.05) is 18.5 Å². The Morgan fingerprint density at radius 1 is 1.50 bits per heavy atom. The quantitative estimate of drug-likeness (QED) is 0.199. The molecule has 0 saturated heterocycles. The molecule has 0 radical (unpaired) electrons. The first kappa shape index (κ1) is 11.1. The van der Waals surface area contributed by atoms with E-state index in [1.165, 1.54) is 0 Å². The van der Waals surface area contributed by atoms with Crippen LogP contribution in [0.2, 0.25) is 0 Å². The molecule has 0 aromatic heterocycles. The maximum absolute atomic E-state index is 10.2. The van der Waals surface area contributed by atoms with Crippen LogP contribution in [0.3, 0.4) is 0 Å². The van der Waals surface area contributed by atoms with Crippen molar-refractivity contribution in [3.05, 3.63) is 0 Å². The van der Waals surface area contributed by atoms with E-state index < -0.39 is 5.30 Å². The van der Waals surface area contributed by atoms with E-state index in [1.54, 1.807) is 0 Å². The molecular formula is C8H11NO2S. The summed E-state index contributed by atoms with van der Waals surface area (Å²) in [6, 6.07) is 0. The van der Waals surface area contributed by atoms with E-state index in [0.29, 0.717) is 0 Å². The molecule has 0 saturated carbocycles. The minimum absolute atomic E-state index is 0.199. The maximum Gasteiger partial charge on any atom is 0.371 e. The summed E-state index contributed by atoms with van der Waals surface area (Å²) >= 11 is 3.33. The second kappa shape index (κ2) is 4.17. The lowest BCUT2D eigenvalue weighted by Crippen LogP contribution is -2.05. The number of hydrogen-bond donors (Lipinski definition) is 2. The van der Waals surface area contributed by atoms with E-state index in [2.05, 4.69) is 29.2 Å². The van der Waals surface area contributed by atoms with Crippen molar-refractivity contribution in [1.82, 2.24) is 0 Å². The van der Waals surface area contributed by atoms with Crippen molar-refractivity contribution in [2.75, 3.05) is 0 Å². The summed E-state index contributed by atoms with van der Waals surface area (Å²) in [7, 11) is 0. The first-order chi connectivity index (χ1) is 5.31. The van der Waals surface area contributed by atoms with Crippen molar-refractivity contribution in [1.29, 1.82) is 5.41 Å². The molecule has 0 spiro atoms. The zero-order chi connectivity index (χ0) is 9.78. The number of thiol groups is 1. The van der Waals surface area contributed by atoms with Crippen molar-refractivity contribution in [2.45, 2.75) is 20.8 Å². The highest BCUT2D eigenvalue weighted by Gasteiger charge is 2.04. The predicted octanol–water partition coefficient (Wildman–Crippen LogP) is 2.08. The Bertz CT molecular complexity index is 254. The lowest BCUT2D eigenvalue weighted by Gasteiger charge is -2.06. The second-order valence-corrected chi connectivity index (χ2v) is 3.56. The molecule has 0 aliphatic rings. The van der Waals surface area contributed by atoms with Crippen LogP contribution in [0, 0.1) is 22.7 Å². The van der Waals surface area contributed by atoms with Crippen molar-refractivity contribution in [2.24, 2.45) is 5.41 Å². The topological polar surface area (TPSA) is 50.1 Å². The number of nitrogens with one attached hydrogen (secondary N) is 1. The highest BCUT2D eigenvalue weighted by atomic mass is 32.1. The third kappa shape index (κ3) is 7.16. The minimum atomic E-state index is -0.816. The minimum Gasteiger partial charge on any atom is -0.392 e. The molecule has 66 valence electrons. The summed E-state index contributed by atoms with van der Waals surface area (Å²) in [6.45, 7) is 5.70. The van der Waals surface area contributed by atoms with Crippen LogP contribution in [0.25, 0.3) is 0 Å². The molecule has 3 nitrogen and oxygen atoms in total. The highest BCUT2D eigenvalue weighted by Crippen LogP contribution is 2.09. The van der Waals surface area contributed by atoms with Gasteiger partial charge in [-0.3, -0.25) is 5.41 Å². The van der Waals surface area contributed by atoms with Gasteiger partial charge in [0.05, 0.1) is 0 Å². The monoisotopic (exact) mass is 185 g/mol. The number of ether oxygens (including phenoxy) is 1. The fraction of sp³-hybridized carbons (Fsp3) is 0.500. The van der Waals surface area contributed by atoms with Crippen molar-refractivity contribution < 1.29 is 9.53 Å². The Hall–Kier alpha value is -0.950. The van der Waals surface area contributed by atoms with Crippen LogP contribution in [0.15, 0.2) is 0 Å². The SMILES string of the molecule is CC(C)(C)C#CC(=N)OC(=O)S. The smallest absolute Gasteiger partial charge is 0.371 e. The van der Waals surface area contributed by atoms with Gasteiger partial charge < -0.3 is 4.74 Å². The van der Waals surface area contributed by atoms with Crippen LogP contribution in [0.1, 0.15) is 20.8 Å². The number of carbonyl (C=O) groups is 1. The normalized spacial score (nSPS) is 9.67. The van der Waals surface area contributed by atoms with E-state index >= 15 is 0 Å². The van der Waals surface area contributed by atoms with Gasteiger partial charge in [0, 0.05) is 5.41 Å². The zero-order valence-electron chi connectivity index (χ0n) is 7.26. The fourth-order valence-electron chi connectivity index (χ4n) is 0.357. The van der Waals surface area contributed by atoms with Gasteiger partial charge in [-0.05, 0) is 26.7 Å². The number of rotatable bonds is 0. The molecule has 0 aliphatic carbocycles. The van der Waals surface area contributed by atoms with Gasteiger partial charge in [-0.15, -0.1) is 0 Å². The van der Waals surface area contributed by atoms with Crippen molar-refractivity contribution in [3.8, 4) is 11.8 Å². The first-order valence-corrected chi connectivity index (χ1v) is 3.78. The fourth-order valence-corrected chi connectivity index (χ4v) is 0.448. The Morgan fingerprint density at radius 3 is 2.33 bits per heavy atom. The molecular weight excluding hydrogens is 174 g/mol. The third-order valence-electron chi connectivity index (χ3n) is 0.740. The van der Waals surface area contributed by atoms with Gasteiger partial charge in [-0.2, -0.15) is 0 Å². The van der Waals surface area contributed by atoms with Crippen LogP contribution in [-0.4, -0.2) is 11.2 Å². The third-order valence-corrected chi connectivity index (χ3v) is 0.832. The Kier molecular flexibility index (Phi) is 3.84. The summed E-state index contributed by atoms with van der Waals surface area (Å²) in [5.74, 6) is 4.77. The molecule has 0 heterocycles. The van der Waals surface area contributed by atoms with E-state index in [9.17, 15) is 4.79 Å². The summed E-state index contributed by atoms with van der Waals surface area (Å²) in [4.78, 5) is 10.2. The van der Waals surface area contributed by atoms with Gasteiger partial charge in [0.1, 0.15) is 0 Å². The Morgan fingerprint density at radius 2 is 2.00 bits per heavy atom. The highest BCUT2D eigenvalue weighted by molar-refractivity contribution is 7.96. The molecule has 0 aromatic carbocycles. The number of carbonyl (C=O) groups excluding carboxylic acids is 1. The van der Waals surface area contributed by atoms with Gasteiger partial charge in [-0.25, -0.2) is 4.79 Å². The van der Waals surface area contributed by atoms with E-state index in [0.717, 1.165) is 0 Å². The molecule has 12 heavy (non-hydrogen) atoms. The standard InChI is InChI=1S/C8H11NO2S/c1-8(2,3)5-4-6(9)11-7(10)12/h9H,1-3H3,(H,10,12). The predicted molar refractivity (Wildman–Crippen MR) is 50.4 cm³/mol. The van der Waals surface area contributed by atoms with Gasteiger partial charge in [0.15, 0.2) is 0 Å². The zero-order valence-corrected chi connectivity index (χ0v) is 8.16. The molecule has 1 N–H and O–H groups in total. The maximum atomic E-state index is 10.2. The summed E-state index contributed by atoms with van der Waals surface area (Å²) in [6.07, 6.45) is 0. The van der Waals surface area contributed by atoms with Crippen LogP contribution < -0.4 is 0 Å². The molecule has 0 aromatic rings. The average molecular weight is 185 g/mol. The van der Waals surface area contributed by atoms with Gasteiger partial charge >= 0.3 is 5.30 Å². The molecule has 0 atom stereocenters. The van der Waals surface area contributed by atoms with E-state index in [-0.39, 0.29) is 11.3 Å². The van der Waals surface area contributed by atoms with Crippen molar-refractivity contribution in [3.63, 3.8) is 0 Å². The summed E-state index contributed by atoms with van der Waals surface area (Å²) in [5.41, 5.74) is -0.199. The molecule has 0 fully saturated rings. The lowest BCUT2D eigenvalue weighted by atomic mass is 9.98. The Labute approximate surface area is 77.4 Å². The molecule has 0 aliphatic heterocycles. The molecule has 0 unspecified atom stereocenters. The molecule has 0 rings (SSSR count). The van der Waals surface area contributed by atoms with Gasteiger partial charge in [0.25, 0.3) is 5.90 Å². The summed E-state index contributed by atoms with van der Waals surface area (Å²) < 4.78 is 4.28. The second-order valence-electron chi connectivity index (χ2n) is 3.20. The summed E-state index contributed by atoms with van der Waals surface area (Å²) in [5, 5.41) is 6.22. The van der Waals surface area contributed by atoms with E-state index in [4.69, 9.17) is 5.41 Å². The Balaban J connectivity index is 4.15. The average Bonchev–Trinajstić information content (AvgIpc) is 1.80. The van der Waals surface area contributed by atoms with Gasteiger partial charge in [0.2, 0.25) is 0 Å². The largest absolute Gasteiger partial charge is 0.392 e. The van der Waals surface area contributed by atoms with Crippen LogP contribution >= 0.6 is 12.6 Å². The molecule has 0 amide bonds. The van der Waals surface area contributed by atoms with Crippen molar-refractivity contribution >= 4 is 23.8 Å². The molecule has 0 bridgehead atoms. The lowest BCUT2D eigenvalue weighted by molar-refractivity contribution is 0.225.